The molecule has 1 fully saturated rings. The summed E-state index contributed by atoms with van der Waals surface area (Å²) in [6.07, 6.45) is 4.72. The zero-order chi connectivity index (χ0) is 13.8. The number of nitrogens with zero attached hydrogens (tertiary/aromatic N) is 2. The molecule has 0 aromatic heterocycles. The Morgan fingerprint density at radius 3 is 2.63 bits per heavy atom. The molecule has 5 nitrogen and oxygen atoms in total. The topological polar surface area (TPSA) is 46.1 Å². The summed E-state index contributed by atoms with van der Waals surface area (Å²) < 4.78 is 10.4. The summed E-state index contributed by atoms with van der Waals surface area (Å²) in [7, 11) is 1.69. The van der Waals surface area contributed by atoms with Crippen molar-refractivity contribution in [1.29, 1.82) is 0 Å². The fourth-order valence-electron chi connectivity index (χ4n) is 2.10. The fourth-order valence-corrected chi connectivity index (χ4v) is 2.10. The number of hydrogen-bond acceptors (Lipinski definition) is 3. The van der Waals surface area contributed by atoms with Gasteiger partial charge in [-0.15, -0.1) is 0 Å². The number of unbranched alkanes of at least 4 members (excludes halogenated alkanes) is 1. The Labute approximate surface area is 117 Å². The van der Waals surface area contributed by atoms with E-state index < -0.39 is 0 Å². The van der Waals surface area contributed by atoms with E-state index in [-0.39, 0.29) is 0 Å². The Bertz CT molecular complexity index is 241. The van der Waals surface area contributed by atoms with Crippen molar-refractivity contribution in [3.63, 3.8) is 0 Å². The van der Waals surface area contributed by atoms with Gasteiger partial charge < -0.3 is 19.7 Å². The van der Waals surface area contributed by atoms with Crippen molar-refractivity contribution in [3.8, 4) is 0 Å². The normalized spacial score (nSPS) is 16.1. The monoisotopic (exact) mass is 271 g/mol. The highest BCUT2D eigenvalue weighted by molar-refractivity contribution is 5.80. The molecule has 0 radical (unpaired) electrons. The van der Waals surface area contributed by atoms with E-state index in [9.17, 15) is 0 Å². The van der Waals surface area contributed by atoms with Crippen LogP contribution in [-0.2, 0) is 9.47 Å². The molecule has 0 atom stereocenters. The van der Waals surface area contributed by atoms with Crippen LogP contribution in [0, 0.1) is 0 Å². The molecule has 5 heteroatoms. The van der Waals surface area contributed by atoms with E-state index in [1.807, 2.05) is 0 Å². The number of hydrogen-bond donors (Lipinski definition) is 1. The molecule has 0 aromatic carbocycles. The molecule has 1 rings (SSSR count). The molecule has 1 N–H and O–H groups in total. The predicted molar refractivity (Wildman–Crippen MR) is 78.7 cm³/mol. The van der Waals surface area contributed by atoms with Crippen LogP contribution in [0.1, 0.15) is 32.6 Å². The number of likely N-dealkylation sites (tertiary alicyclic amines) is 1. The summed E-state index contributed by atoms with van der Waals surface area (Å²) in [5.41, 5.74) is 0. The number of rotatable bonds is 9. The number of nitrogens with one attached hydrogen (secondary N) is 1. The van der Waals surface area contributed by atoms with Gasteiger partial charge in [0.2, 0.25) is 0 Å². The number of aliphatic imine (C=N–C) groups is 1. The third kappa shape index (κ3) is 7.38. The molecule has 1 aliphatic heterocycles. The molecule has 0 aromatic rings. The Balaban J connectivity index is 2.09. The molecular weight excluding hydrogens is 242 g/mol. The number of methoxy groups -OCH3 is 1. The fraction of sp³-hybridized carbons (Fsp3) is 0.929. The molecular formula is C14H29N3O2. The third-order valence-electron chi connectivity index (χ3n) is 3.13. The molecule has 0 unspecified atom stereocenters. The maximum atomic E-state index is 5.43. The highest BCUT2D eigenvalue weighted by Crippen LogP contribution is 2.07. The second-order valence-corrected chi connectivity index (χ2v) is 4.74. The van der Waals surface area contributed by atoms with Gasteiger partial charge >= 0.3 is 0 Å². The van der Waals surface area contributed by atoms with E-state index in [1.165, 1.54) is 12.8 Å². The van der Waals surface area contributed by atoms with Gasteiger partial charge in [0.1, 0.15) is 0 Å². The van der Waals surface area contributed by atoms with Gasteiger partial charge in [-0.25, -0.2) is 0 Å². The maximum absolute atomic E-state index is 5.43. The van der Waals surface area contributed by atoms with Crippen molar-refractivity contribution in [2.75, 3.05) is 53.1 Å². The van der Waals surface area contributed by atoms with Gasteiger partial charge in [-0.3, -0.25) is 4.99 Å². The first kappa shape index (κ1) is 16.2. The van der Waals surface area contributed by atoms with E-state index in [1.54, 1.807) is 7.11 Å². The average molecular weight is 271 g/mol. The summed E-state index contributed by atoms with van der Waals surface area (Å²) in [5, 5.41) is 3.37. The van der Waals surface area contributed by atoms with Crippen molar-refractivity contribution in [2.24, 2.45) is 4.99 Å². The predicted octanol–water partition coefficient (Wildman–Crippen LogP) is 1.49. The van der Waals surface area contributed by atoms with Crippen molar-refractivity contribution in [3.05, 3.63) is 0 Å². The number of ether oxygens (including phenoxy) is 2. The van der Waals surface area contributed by atoms with Crippen LogP contribution in [0.4, 0.5) is 0 Å². The molecule has 1 saturated heterocycles. The van der Waals surface area contributed by atoms with E-state index in [0.717, 1.165) is 51.6 Å². The smallest absolute Gasteiger partial charge is 0.193 e. The van der Waals surface area contributed by atoms with Gasteiger partial charge in [0.15, 0.2) is 5.96 Å². The van der Waals surface area contributed by atoms with Gasteiger partial charge in [-0.1, -0.05) is 0 Å². The number of guanidine groups is 1. The van der Waals surface area contributed by atoms with Gasteiger partial charge in [-0.05, 0) is 32.6 Å². The Morgan fingerprint density at radius 2 is 1.95 bits per heavy atom. The minimum Gasteiger partial charge on any atom is -0.382 e. The van der Waals surface area contributed by atoms with Crippen molar-refractivity contribution in [2.45, 2.75) is 32.6 Å². The molecule has 1 heterocycles. The van der Waals surface area contributed by atoms with Crippen LogP contribution in [0.15, 0.2) is 4.99 Å². The lowest BCUT2D eigenvalue weighted by Crippen LogP contribution is -2.39. The second kappa shape index (κ2) is 11.1. The molecule has 0 spiro atoms. The highest BCUT2D eigenvalue weighted by atomic mass is 16.5. The van der Waals surface area contributed by atoms with Gasteiger partial charge in [0, 0.05) is 39.9 Å². The van der Waals surface area contributed by atoms with Crippen molar-refractivity contribution >= 4 is 5.96 Å². The molecule has 0 bridgehead atoms. The van der Waals surface area contributed by atoms with E-state index in [2.05, 4.69) is 22.1 Å². The standard InChI is InChI=1S/C14H29N3O2/c1-3-15-14(17-9-5-6-10-17)16-8-4-7-11-19-13-12-18-2/h3-13H2,1-2H3,(H,15,16). The van der Waals surface area contributed by atoms with E-state index >= 15 is 0 Å². The first-order valence-electron chi connectivity index (χ1n) is 7.48. The first-order valence-corrected chi connectivity index (χ1v) is 7.48. The van der Waals surface area contributed by atoms with Gasteiger partial charge in [0.05, 0.1) is 13.2 Å². The van der Waals surface area contributed by atoms with Crippen LogP contribution in [0.25, 0.3) is 0 Å². The van der Waals surface area contributed by atoms with Crippen LogP contribution in [0.5, 0.6) is 0 Å². The molecule has 0 saturated carbocycles. The van der Waals surface area contributed by atoms with Crippen molar-refractivity contribution < 1.29 is 9.47 Å². The summed E-state index contributed by atoms with van der Waals surface area (Å²) in [4.78, 5) is 7.04. The second-order valence-electron chi connectivity index (χ2n) is 4.74. The minimum absolute atomic E-state index is 0.678. The Kier molecular flexibility index (Phi) is 9.45. The lowest BCUT2D eigenvalue weighted by atomic mass is 10.3. The maximum Gasteiger partial charge on any atom is 0.193 e. The van der Waals surface area contributed by atoms with E-state index in [0.29, 0.717) is 13.2 Å². The minimum atomic E-state index is 0.678. The SMILES string of the molecule is CCNC(=NCCCCOCCOC)N1CCCC1. The van der Waals surface area contributed by atoms with Crippen LogP contribution >= 0.6 is 0 Å². The molecule has 0 amide bonds. The van der Waals surface area contributed by atoms with Crippen LogP contribution < -0.4 is 5.32 Å². The summed E-state index contributed by atoms with van der Waals surface area (Å²) in [5.74, 6) is 1.08. The molecule has 19 heavy (non-hydrogen) atoms. The molecule has 112 valence electrons. The zero-order valence-electron chi connectivity index (χ0n) is 12.5. The lowest BCUT2D eigenvalue weighted by Gasteiger charge is -2.20. The summed E-state index contributed by atoms with van der Waals surface area (Å²) in [6, 6.07) is 0. The van der Waals surface area contributed by atoms with Crippen LogP contribution in [0.3, 0.4) is 0 Å². The Morgan fingerprint density at radius 1 is 1.16 bits per heavy atom. The zero-order valence-corrected chi connectivity index (χ0v) is 12.5. The summed E-state index contributed by atoms with van der Waals surface area (Å²) >= 11 is 0. The Hall–Kier alpha value is -0.810. The van der Waals surface area contributed by atoms with Crippen LogP contribution in [-0.4, -0.2) is 64.0 Å². The lowest BCUT2D eigenvalue weighted by molar-refractivity contribution is 0.0690. The van der Waals surface area contributed by atoms with Crippen molar-refractivity contribution in [1.82, 2.24) is 10.2 Å². The quantitative estimate of drug-likeness (QED) is 0.392. The average Bonchev–Trinajstić information content (AvgIpc) is 2.94. The van der Waals surface area contributed by atoms with Gasteiger partial charge in [-0.2, -0.15) is 0 Å². The first-order chi connectivity index (χ1) is 9.38. The van der Waals surface area contributed by atoms with E-state index in [4.69, 9.17) is 9.47 Å². The highest BCUT2D eigenvalue weighted by Gasteiger charge is 2.14. The van der Waals surface area contributed by atoms with Gasteiger partial charge in [0.25, 0.3) is 0 Å². The molecule has 1 aliphatic rings. The third-order valence-corrected chi connectivity index (χ3v) is 3.13. The molecule has 0 aliphatic carbocycles. The largest absolute Gasteiger partial charge is 0.382 e. The van der Waals surface area contributed by atoms with Crippen LogP contribution in [0.2, 0.25) is 0 Å². The summed E-state index contributed by atoms with van der Waals surface area (Å²) in [6.45, 7) is 8.40.